The van der Waals surface area contributed by atoms with Crippen LogP contribution in [-0.4, -0.2) is 35.9 Å². The number of aromatic nitrogens is 1. The zero-order chi connectivity index (χ0) is 19.4. The minimum absolute atomic E-state index is 0.179. The molecule has 0 aliphatic rings. The minimum Gasteiger partial charge on any atom is -0.465 e. The van der Waals surface area contributed by atoms with Crippen molar-refractivity contribution in [2.75, 3.05) is 7.11 Å². The van der Waals surface area contributed by atoms with Gasteiger partial charge in [0.15, 0.2) is 6.10 Å². The number of esters is 2. The SMILES string of the molecule is COC(=O)c1c(C)[nH]c(C(=O)[C@@H](C)OC(=O)c2cccc(C#N)c2)c1C. The maximum Gasteiger partial charge on any atom is 0.339 e. The molecule has 2 aromatic rings. The molecule has 0 fully saturated rings. The van der Waals surface area contributed by atoms with Crippen molar-refractivity contribution < 1.29 is 23.9 Å². The standard InChI is InChI=1S/C19H18N2O5/c1-10-15(19(24)25-4)11(2)21-16(10)17(22)12(3)26-18(23)14-7-5-6-13(8-14)9-20/h5-8,12,21H,1-4H3/t12-/m1/s1. The molecule has 7 heteroatoms. The van der Waals surface area contributed by atoms with E-state index in [1.807, 2.05) is 6.07 Å². The monoisotopic (exact) mass is 354 g/mol. The van der Waals surface area contributed by atoms with Crippen LogP contribution in [0.5, 0.6) is 0 Å². The van der Waals surface area contributed by atoms with E-state index in [1.165, 1.54) is 26.2 Å². The first-order chi connectivity index (χ1) is 12.3. The van der Waals surface area contributed by atoms with Crippen LogP contribution in [0.15, 0.2) is 24.3 Å². The molecular formula is C19H18N2O5. The maximum atomic E-state index is 12.6. The Balaban J connectivity index is 2.21. The van der Waals surface area contributed by atoms with Crippen molar-refractivity contribution >= 4 is 17.7 Å². The third-order valence-electron chi connectivity index (χ3n) is 3.95. The van der Waals surface area contributed by atoms with Gasteiger partial charge in [0, 0.05) is 5.69 Å². The Morgan fingerprint density at radius 1 is 1.19 bits per heavy atom. The van der Waals surface area contributed by atoms with Gasteiger partial charge in [-0.05, 0) is 44.5 Å². The molecule has 7 nitrogen and oxygen atoms in total. The Kier molecular flexibility index (Phi) is 5.58. The zero-order valence-electron chi connectivity index (χ0n) is 14.9. The first kappa shape index (κ1) is 18.9. The van der Waals surface area contributed by atoms with E-state index in [4.69, 9.17) is 14.7 Å². The number of aromatic amines is 1. The molecule has 0 aliphatic carbocycles. The van der Waals surface area contributed by atoms with Crippen molar-refractivity contribution in [1.29, 1.82) is 5.26 Å². The Labute approximate surface area is 150 Å². The van der Waals surface area contributed by atoms with Crippen molar-refractivity contribution in [2.24, 2.45) is 0 Å². The molecule has 0 bridgehead atoms. The number of hydrogen-bond donors (Lipinski definition) is 1. The summed E-state index contributed by atoms with van der Waals surface area (Å²) in [5.74, 6) is -1.73. The number of methoxy groups -OCH3 is 1. The molecule has 0 unspecified atom stereocenters. The van der Waals surface area contributed by atoms with Gasteiger partial charge in [0.1, 0.15) is 0 Å². The summed E-state index contributed by atoms with van der Waals surface area (Å²) in [5, 5.41) is 8.89. The van der Waals surface area contributed by atoms with E-state index in [1.54, 1.807) is 26.0 Å². The van der Waals surface area contributed by atoms with E-state index in [2.05, 4.69) is 4.98 Å². The van der Waals surface area contributed by atoms with Crippen molar-refractivity contribution in [2.45, 2.75) is 26.9 Å². The van der Waals surface area contributed by atoms with Crippen LogP contribution in [-0.2, 0) is 9.47 Å². The lowest BCUT2D eigenvalue weighted by atomic mass is 10.1. The number of hydrogen-bond acceptors (Lipinski definition) is 6. The molecule has 1 atom stereocenters. The van der Waals surface area contributed by atoms with E-state index in [-0.39, 0.29) is 16.8 Å². The molecule has 1 heterocycles. The van der Waals surface area contributed by atoms with Gasteiger partial charge in [0.05, 0.1) is 35.6 Å². The van der Waals surface area contributed by atoms with Crippen LogP contribution in [0.2, 0.25) is 0 Å². The van der Waals surface area contributed by atoms with Crippen LogP contribution in [0.3, 0.4) is 0 Å². The summed E-state index contributed by atoms with van der Waals surface area (Å²) >= 11 is 0. The Morgan fingerprint density at radius 2 is 1.88 bits per heavy atom. The number of carbonyl (C=O) groups excluding carboxylic acids is 3. The number of rotatable bonds is 5. The highest BCUT2D eigenvalue weighted by Crippen LogP contribution is 2.21. The van der Waals surface area contributed by atoms with Crippen molar-refractivity contribution in [1.82, 2.24) is 4.98 Å². The lowest BCUT2D eigenvalue weighted by Crippen LogP contribution is -2.25. The molecule has 1 aromatic carbocycles. The molecule has 1 aromatic heterocycles. The molecule has 26 heavy (non-hydrogen) atoms. The molecule has 2 rings (SSSR count). The summed E-state index contributed by atoms with van der Waals surface area (Å²) in [5.41, 5.74) is 1.91. The predicted molar refractivity (Wildman–Crippen MR) is 92.0 cm³/mol. The van der Waals surface area contributed by atoms with Gasteiger partial charge in [0.2, 0.25) is 5.78 Å². The van der Waals surface area contributed by atoms with Crippen molar-refractivity contribution in [3.05, 3.63) is 57.9 Å². The molecule has 0 saturated carbocycles. The Hall–Kier alpha value is -3.40. The Bertz CT molecular complexity index is 920. The van der Waals surface area contributed by atoms with E-state index < -0.39 is 23.8 Å². The van der Waals surface area contributed by atoms with E-state index >= 15 is 0 Å². The minimum atomic E-state index is -1.07. The number of ether oxygens (including phenoxy) is 2. The second-order valence-corrected chi connectivity index (χ2v) is 5.72. The normalized spacial score (nSPS) is 11.3. The number of nitrogens with zero attached hydrogens (tertiary/aromatic N) is 1. The van der Waals surface area contributed by atoms with Crippen molar-refractivity contribution in [3.8, 4) is 6.07 Å². The van der Waals surface area contributed by atoms with Crippen LogP contribution in [0.25, 0.3) is 0 Å². The van der Waals surface area contributed by atoms with Crippen LogP contribution in [0, 0.1) is 25.2 Å². The van der Waals surface area contributed by atoms with Gasteiger partial charge in [-0.25, -0.2) is 9.59 Å². The summed E-state index contributed by atoms with van der Waals surface area (Å²) in [4.78, 5) is 39.5. The summed E-state index contributed by atoms with van der Waals surface area (Å²) < 4.78 is 9.92. The van der Waals surface area contributed by atoms with E-state index in [0.717, 1.165) is 0 Å². The third-order valence-corrected chi connectivity index (χ3v) is 3.95. The van der Waals surface area contributed by atoms with Crippen LogP contribution in [0.4, 0.5) is 0 Å². The zero-order valence-corrected chi connectivity index (χ0v) is 14.9. The number of aryl methyl sites for hydroxylation is 1. The fourth-order valence-corrected chi connectivity index (χ4v) is 2.61. The van der Waals surface area contributed by atoms with Gasteiger partial charge in [-0.15, -0.1) is 0 Å². The number of ketones is 1. The number of nitriles is 1. The van der Waals surface area contributed by atoms with Gasteiger partial charge in [-0.1, -0.05) is 6.07 Å². The van der Waals surface area contributed by atoms with E-state index in [9.17, 15) is 14.4 Å². The number of Topliss-reactive ketones (excluding diaryl/α,β-unsaturated/α-hetero) is 1. The maximum absolute atomic E-state index is 12.6. The first-order valence-corrected chi connectivity index (χ1v) is 7.83. The number of carbonyl (C=O) groups is 3. The lowest BCUT2D eigenvalue weighted by molar-refractivity contribution is 0.0316. The third kappa shape index (κ3) is 3.64. The second kappa shape index (κ2) is 7.66. The summed E-state index contributed by atoms with van der Waals surface area (Å²) in [6.07, 6.45) is -1.07. The van der Waals surface area contributed by atoms with Crippen LogP contribution < -0.4 is 0 Å². The number of H-pyrrole nitrogens is 1. The number of benzene rings is 1. The molecule has 0 spiro atoms. The first-order valence-electron chi connectivity index (χ1n) is 7.83. The van der Waals surface area contributed by atoms with Gasteiger partial charge in [-0.3, -0.25) is 4.79 Å². The van der Waals surface area contributed by atoms with Crippen LogP contribution >= 0.6 is 0 Å². The van der Waals surface area contributed by atoms with Gasteiger partial charge in [-0.2, -0.15) is 5.26 Å². The molecule has 0 aliphatic heterocycles. The highest BCUT2D eigenvalue weighted by atomic mass is 16.5. The second-order valence-electron chi connectivity index (χ2n) is 5.72. The van der Waals surface area contributed by atoms with Gasteiger partial charge >= 0.3 is 11.9 Å². The van der Waals surface area contributed by atoms with Crippen LogP contribution in [0.1, 0.15) is 54.9 Å². The number of nitrogens with one attached hydrogen (secondary N) is 1. The average Bonchev–Trinajstić information content (AvgIpc) is 2.94. The summed E-state index contributed by atoms with van der Waals surface area (Å²) in [6, 6.07) is 7.94. The predicted octanol–water partition coefficient (Wildman–Crippen LogP) is 2.72. The molecule has 0 radical (unpaired) electrons. The largest absolute Gasteiger partial charge is 0.465 e. The molecule has 1 N–H and O–H groups in total. The molecular weight excluding hydrogens is 336 g/mol. The molecule has 0 saturated heterocycles. The van der Waals surface area contributed by atoms with Crippen molar-refractivity contribution in [3.63, 3.8) is 0 Å². The highest BCUT2D eigenvalue weighted by molar-refractivity contribution is 6.04. The quantitative estimate of drug-likeness (QED) is 0.653. The van der Waals surface area contributed by atoms with Gasteiger partial charge < -0.3 is 14.5 Å². The lowest BCUT2D eigenvalue weighted by Gasteiger charge is -2.12. The summed E-state index contributed by atoms with van der Waals surface area (Å²) in [6.45, 7) is 4.72. The molecule has 0 amide bonds. The van der Waals surface area contributed by atoms with E-state index in [0.29, 0.717) is 16.8 Å². The molecule has 134 valence electrons. The Morgan fingerprint density at radius 3 is 2.50 bits per heavy atom. The fourth-order valence-electron chi connectivity index (χ4n) is 2.61. The summed E-state index contributed by atoms with van der Waals surface area (Å²) in [7, 11) is 1.26. The highest BCUT2D eigenvalue weighted by Gasteiger charge is 2.27. The fraction of sp³-hybridized carbons (Fsp3) is 0.263. The van der Waals surface area contributed by atoms with Gasteiger partial charge in [0.25, 0.3) is 0 Å². The topological polar surface area (TPSA) is 109 Å². The smallest absolute Gasteiger partial charge is 0.339 e. The average molecular weight is 354 g/mol.